The lowest BCUT2D eigenvalue weighted by Crippen LogP contribution is -2.15. The first-order chi connectivity index (χ1) is 9.08. The van der Waals surface area contributed by atoms with Gasteiger partial charge in [0.15, 0.2) is 0 Å². The Kier molecular flexibility index (Phi) is 4.50. The average Bonchev–Trinajstić information content (AvgIpc) is 2.38. The minimum Gasteiger partial charge on any atom is -0.386 e. The molecule has 0 aliphatic carbocycles. The number of anilines is 1. The Balaban J connectivity index is 2.05. The maximum Gasteiger partial charge on any atom is 0.132 e. The molecular weight excluding hydrogens is 316 g/mol. The Morgan fingerprint density at radius 2 is 1.63 bits per heavy atom. The van der Waals surface area contributed by atoms with E-state index < -0.39 is 17.7 Å². The SMILES string of the molecule is OC(CNc1ccc(Br)cc1)c1c(F)cccc1F. The van der Waals surface area contributed by atoms with Crippen LogP contribution in [0.3, 0.4) is 0 Å². The van der Waals surface area contributed by atoms with E-state index in [9.17, 15) is 13.9 Å². The number of halogens is 3. The molecule has 0 fully saturated rings. The summed E-state index contributed by atoms with van der Waals surface area (Å²) in [5.74, 6) is -1.49. The van der Waals surface area contributed by atoms with Gasteiger partial charge < -0.3 is 10.4 Å². The minimum absolute atomic E-state index is 0.0273. The summed E-state index contributed by atoms with van der Waals surface area (Å²) >= 11 is 3.30. The molecule has 5 heteroatoms. The van der Waals surface area contributed by atoms with Gasteiger partial charge in [0, 0.05) is 16.7 Å². The summed E-state index contributed by atoms with van der Waals surface area (Å²) in [5, 5.41) is 12.8. The van der Waals surface area contributed by atoms with E-state index in [4.69, 9.17) is 0 Å². The maximum atomic E-state index is 13.4. The summed E-state index contributed by atoms with van der Waals surface area (Å²) in [5.41, 5.74) is 0.450. The van der Waals surface area contributed by atoms with Gasteiger partial charge in [-0.15, -0.1) is 0 Å². The number of aliphatic hydroxyl groups excluding tert-OH is 1. The lowest BCUT2D eigenvalue weighted by atomic mass is 10.1. The van der Waals surface area contributed by atoms with E-state index in [0.29, 0.717) is 0 Å². The number of benzene rings is 2. The Bertz CT molecular complexity index is 540. The van der Waals surface area contributed by atoms with Gasteiger partial charge >= 0.3 is 0 Å². The highest BCUT2D eigenvalue weighted by molar-refractivity contribution is 9.10. The third-order valence-electron chi connectivity index (χ3n) is 2.68. The van der Waals surface area contributed by atoms with E-state index in [2.05, 4.69) is 21.2 Å². The number of nitrogens with one attached hydrogen (secondary N) is 1. The van der Waals surface area contributed by atoms with Gasteiger partial charge in [0.05, 0.1) is 5.56 Å². The molecule has 0 saturated carbocycles. The van der Waals surface area contributed by atoms with Gasteiger partial charge in [-0.25, -0.2) is 8.78 Å². The van der Waals surface area contributed by atoms with E-state index in [1.54, 1.807) is 12.1 Å². The van der Waals surface area contributed by atoms with Crippen molar-refractivity contribution in [2.75, 3.05) is 11.9 Å². The number of hydrogen-bond acceptors (Lipinski definition) is 2. The fourth-order valence-electron chi connectivity index (χ4n) is 1.71. The second-order valence-corrected chi connectivity index (χ2v) is 4.95. The van der Waals surface area contributed by atoms with Gasteiger partial charge in [0.1, 0.15) is 17.7 Å². The van der Waals surface area contributed by atoms with Crippen LogP contribution in [0.5, 0.6) is 0 Å². The van der Waals surface area contributed by atoms with Gasteiger partial charge in [0.2, 0.25) is 0 Å². The van der Waals surface area contributed by atoms with Crippen LogP contribution in [-0.4, -0.2) is 11.7 Å². The zero-order chi connectivity index (χ0) is 13.8. The number of rotatable bonds is 4. The molecule has 0 saturated heterocycles. The highest BCUT2D eigenvalue weighted by Gasteiger charge is 2.17. The fourth-order valence-corrected chi connectivity index (χ4v) is 1.98. The van der Waals surface area contributed by atoms with Crippen LogP contribution in [0.2, 0.25) is 0 Å². The molecule has 0 heterocycles. The maximum absolute atomic E-state index is 13.4. The van der Waals surface area contributed by atoms with Crippen LogP contribution in [0.25, 0.3) is 0 Å². The first kappa shape index (κ1) is 14.0. The Labute approximate surface area is 118 Å². The molecule has 2 aromatic rings. The molecule has 100 valence electrons. The average molecular weight is 328 g/mol. The van der Waals surface area contributed by atoms with Crippen molar-refractivity contribution in [1.29, 1.82) is 0 Å². The lowest BCUT2D eigenvalue weighted by Gasteiger charge is -2.14. The molecular formula is C14H12BrF2NO. The quantitative estimate of drug-likeness (QED) is 0.893. The van der Waals surface area contributed by atoms with Crippen molar-refractivity contribution >= 4 is 21.6 Å². The summed E-state index contributed by atoms with van der Waals surface area (Å²) in [4.78, 5) is 0. The highest BCUT2D eigenvalue weighted by atomic mass is 79.9. The van der Waals surface area contributed by atoms with Crippen molar-refractivity contribution in [3.8, 4) is 0 Å². The Hall–Kier alpha value is -1.46. The van der Waals surface area contributed by atoms with Gasteiger partial charge in [-0.3, -0.25) is 0 Å². The molecule has 0 aliphatic heterocycles. The Morgan fingerprint density at radius 1 is 1.05 bits per heavy atom. The third-order valence-corrected chi connectivity index (χ3v) is 3.21. The van der Waals surface area contributed by atoms with Crippen molar-refractivity contribution in [3.05, 3.63) is 64.1 Å². The predicted molar refractivity (Wildman–Crippen MR) is 73.9 cm³/mol. The Morgan fingerprint density at radius 3 is 2.21 bits per heavy atom. The standard InChI is InChI=1S/C14H12BrF2NO/c15-9-4-6-10(7-5-9)18-8-13(19)14-11(16)2-1-3-12(14)17/h1-7,13,18-19H,8H2. The van der Waals surface area contributed by atoms with Crippen LogP contribution in [0.4, 0.5) is 14.5 Å². The first-order valence-corrected chi connectivity index (χ1v) is 6.48. The van der Waals surface area contributed by atoms with Crippen LogP contribution in [-0.2, 0) is 0 Å². The van der Waals surface area contributed by atoms with Crippen LogP contribution < -0.4 is 5.32 Å². The largest absolute Gasteiger partial charge is 0.386 e. The first-order valence-electron chi connectivity index (χ1n) is 5.69. The summed E-state index contributed by atoms with van der Waals surface area (Å²) < 4.78 is 27.8. The van der Waals surface area contributed by atoms with E-state index in [1.165, 1.54) is 6.07 Å². The molecule has 2 N–H and O–H groups in total. The van der Waals surface area contributed by atoms with Crippen LogP contribution >= 0.6 is 15.9 Å². The topological polar surface area (TPSA) is 32.3 Å². The molecule has 2 aromatic carbocycles. The minimum atomic E-state index is -1.25. The predicted octanol–water partition coefficient (Wildman–Crippen LogP) is 3.87. The smallest absolute Gasteiger partial charge is 0.132 e. The third kappa shape index (κ3) is 3.52. The molecule has 2 nitrogen and oxygen atoms in total. The molecule has 1 atom stereocenters. The van der Waals surface area contributed by atoms with Gasteiger partial charge in [-0.05, 0) is 36.4 Å². The lowest BCUT2D eigenvalue weighted by molar-refractivity contribution is 0.181. The van der Waals surface area contributed by atoms with Crippen molar-refractivity contribution in [1.82, 2.24) is 0 Å². The van der Waals surface area contributed by atoms with Gasteiger partial charge in [-0.1, -0.05) is 22.0 Å². The number of aliphatic hydroxyl groups is 1. The van der Waals surface area contributed by atoms with Crippen LogP contribution in [0.1, 0.15) is 11.7 Å². The van der Waals surface area contributed by atoms with Crippen molar-refractivity contribution in [2.45, 2.75) is 6.10 Å². The molecule has 2 rings (SSSR count). The fraction of sp³-hybridized carbons (Fsp3) is 0.143. The van der Waals surface area contributed by atoms with Crippen molar-refractivity contribution in [3.63, 3.8) is 0 Å². The van der Waals surface area contributed by atoms with Crippen molar-refractivity contribution in [2.24, 2.45) is 0 Å². The van der Waals surface area contributed by atoms with E-state index in [1.807, 2.05) is 12.1 Å². The summed E-state index contributed by atoms with van der Waals surface area (Å²) in [7, 11) is 0. The zero-order valence-electron chi connectivity index (χ0n) is 9.91. The second kappa shape index (κ2) is 6.12. The normalized spacial score (nSPS) is 12.2. The van der Waals surface area contributed by atoms with Crippen molar-refractivity contribution < 1.29 is 13.9 Å². The van der Waals surface area contributed by atoms with Gasteiger partial charge in [0.25, 0.3) is 0 Å². The molecule has 0 radical (unpaired) electrons. The van der Waals surface area contributed by atoms with E-state index in [-0.39, 0.29) is 12.1 Å². The molecule has 0 aromatic heterocycles. The molecule has 0 bridgehead atoms. The molecule has 0 spiro atoms. The van der Waals surface area contributed by atoms with E-state index in [0.717, 1.165) is 22.3 Å². The summed E-state index contributed by atoms with van der Waals surface area (Å²) in [6.45, 7) is 0.0273. The highest BCUT2D eigenvalue weighted by Crippen LogP contribution is 2.21. The van der Waals surface area contributed by atoms with Gasteiger partial charge in [-0.2, -0.15) is 0 Å². The molecule has 1 unspecified atom stereocenters. The molecule has 0 aliphatic rings. The summed E-state index contributed by atoms with van der Waals surface area (Å²) in [6, 6.07) is 10.8. The second-order valence-electron chi connectivity index (χ2n) is 4.04. The van der Waals surface area contributed by atoms with Crippen LogP contribution in [0, 0.1) is 11.6 Å². The molecule has 0 amide bonds. The van der Waals surface area contributed by atoms with E-state index >= 15 is 0 Å². The number of hydrogen-bond donors (Lipinski definition) is 2. The molecule has 19 heavy (non-hydrogen) atoms. The monoisotopic (exact) mass is 327 g/mol. The summed E-state index contributed by atoms with van der Waals surface area (Å²) in [6.07, 6.45) is -1.25. The zero-order valence-corrected chi connectivity index (χ0v) is 11.5. The van der Waals surface area contributed by atoms with Crippen LogP contribution in [0.15, 0.2) is 46.9 Å².